The normalized spacial score (nSPS) is 11.4. The molecule has 3 rings (SSSR count). The van der Waals surface area contributed by atoms with Crippen LogP contribution in [0.5, 0.6) is 0 Å². The van der Waals surface area contributed by atoms with E-state index in [1.165, 1.54) is 5.56 Å². The number of aromatic nitrogens is 4. The zero-order valence-electron chi connectivity index (χ0n) is 17.8. The molecule has 0 N–H and O–H groups in total. The first-order chi connectivity index (χ1) is 13.8. The SMILES string of the molecule is CC(C)c1ccc(-c2noc(CCC(=O)N(Cc3cnn(C)c3)C(C)C)n2)cc1. The molecule has 0 fully saturated rings. The van der Waals surface area contributed by atoms with Crippen LogP contribution in [0, 0.1) is 0 Å². The van der Waals surface area contributed by atoms with E-state index in [9.17, 15) is 4.79 Å². The van der Waals surface area contributed by atoms with Gasteiger partial charge < -0.3 is 9.42 Å². The zero-order chi connectivity index (χ0) is 21.0. The summed E-state index contributed by atoms with van der Waals surface area (Å²) in [4.78, 5) is 19.1. The maximum atomic E-state index is 12.8. The number of carbonyl (C=O) groups excluding carboxylic acids is 1. The van der Waals surface area contributed by atoms with Crippen LogP contribution < -0.4 is 0 Å². The molecule has 154 valence electrons. The first kappa shape index (κ1) is 20.8. The topological polar surface area (TPSA) is 77.0 Å². The number of aryl methyl sites for hydroxylation is 2. The van der Waals surface area contributed by atoms with Crippen molar-refractivity contribution in [3.63, 3.8) is 0 Å². The quantitative estimate of drug-likeness (QED) is 0.577. The van der Waals surface area contributed by atoms with E-state index in [0.29, 0.717) is 37.0 Å². The van der Waals surface area contributed by atoms with Gasteiger partial charge in [0, 0.05) is 49.8 Å². The lowest BCUT2D eigenvalue weighted by molar-refractivity contribution is -0.133. The van der Waals surface area contributed by atoms with Crippen LogP contribution in [0.25, 0.3) is 11.4 Å². The lowest BCUT2D eigenvalue weighted by atomic mass is 10.0. The van der Waals surface area contributed by atoms with Gasteiger partial charge in [-0.3, -0.25) is 9.48 Å². The van der Waals surface area contributed by atoms with Gasteiger partial charge in [-0.15, -0.1) is 0 Å². The molecule has 0 saturated heterocycles. The third-order valence-electron chi connectivity index (χ3n) is 4.91. The standard InChI is InChI=1S/C22H29N5O2/c1-15(2)18-6-8-19(9-7-18)22-24-20(29-25-22)10-11-21(28)27(16(3)4)14-17-12-23-26(5)13-17/h6-9,12-13,15-16H,10-11,14H2,1-5H3. The molecule has 7 heteroatoms. The van der Waals surface area contributed by atoms with Gasteiger partial charge >= 0.3 is 0 Å². The van der Waals surface area contributed by atoms with Gasteiger partial charge in [0.15, 0.2) is 0 Å². The van der Waals surface area contributed by atoms with Gasteiger partial charge in [0.1, 0.15) is 0 Å². The molecule has 0 aliphatic heterocycles. The fraction of sp³-hybridized carbons (Fsp3) is 0.455. The summed E-state index contributed by atoms with van der Waals surface area (Å²) in [7, 11) is 1.87. The van der Waals surface area contributed by atoms with E-state index in [4.69, 9.17) is 4.52 Å². The van der Waals surface area contributed by atoms with Crippen LogP contribution in [0.1, 0.15) is 57.1 Å². The van der Waals surface area contributed by atoms with Gasteiger partial charge in [0.05, 0.1) is 6.20 Å². The monoisotopic (exact) mass is 395 g/mol. The van der Waals surface area contributed by atoms with Crippen LogP contribution in [0.15, 0.2) is 41.2 Å². The summed E-state index contributed by atoms with van der Waals surface area (Å²) >= 11 is 0. The van der Waals surface area contributed by atoms with Crippen molar-refractivity contribution in [2.75, 3.05) is 0 Å². The predicted molar refractivity (Wildman–Crippen MR) is 111 cm³/mol. The van der Waals surface area contributed by atoms with Gasteiger partial charge in [-0.25, -0.2) is 0 Å². The molecular weight excluding hydrogens is 366 g/mol. The molecule has 2 heterocycles. The lowest BCUT2D eigenvalue weighted by Gasteiger charge is -2.26. The molecule has 3 aromatic rings. The van der Waals surface area contributed by atoms with Crippen LogP contribution >= 0.6 is 0 Å². The van der Waals surface area contributed by atoms with Crippen LogP contribution in [0.4, 0.5) is 0 Å². The van der Waals surface area contributed by atoms with E-state index in [1.807, 2.05) is 44.1 Å². The van der Waals surface area contributed by atoms with E-state index in [1.54, 1.807) is 10.9 Å². The van der Waals surface area contributed by atoms with Crippen molar-refractivity contribution >= 4 is 5.91 Å². The number of hydrogen-bond donors (Lipinski definition) is 0. The summed E-state index contributed by atoms with van der Waals surface area (Å²) in [5.41, 5.74) is 3.20. The third-order valence-corrected chi connectivity index (χ3v) is 4.91. The molecule has 0 atom stereocenters. The van der Waals surface area contributed by atoms with Crippen LogP contribution in [0.3, 0.4) is 0 Å². The molecule has 2 aromatic heterocycles. The highest BCUT2D eigenvalue weighted by molar-refractivity contribution is 5.76. The number of rotatable bonds is 8. The Bertz CT molecular complexity index is 940. The molecule has 0 spiro atoms. The summed E-state index contributed by atoms with van der Waals surface area (Å²) in [5, 5.41) is 8.24. The first-order valence-corrected chi connectivity index (χ1v) is 10.0. The van der Waals surface area contributed by atoms with Crippen LogP contribution in [0.2, 0.25) is 0 Å². The Morgan fingerprint density at radius 3 is 2.48 bits per heavy atom. The number of carbonyl (C=O) groups is 1. The Morgan fingerprint density at radius 2 is 1.90 bits per heavy atom. The second-order valence-corrected chi connectivity index (χ2v) is 7.93. The van der Waals surface area contributed by atoms with E-state index < -0.39 is 0 Å². The Hall–Kier alpha value is -2.96. The predicted octanol–water partition coefficient (Wildman–Crippen LogP) is 3.96. The van der Waals surface area contributed by atoms with Crippen molar-refractivity contribution in [2.24, 2.45) is 7.05 Å². The van der Waals surface area contributed by atoms with Crippen LogP contribution in [-0.4, -0.2) is 36.8 Å². The smallest absolute Gasteiger partial charge is 0.227 e. The summed E-state index contributed by atoms with van der Waals surface area (Å²) in [6, 6.07) is 8.27. The highest BCUT2D eigenvalue weighted by atomic mass is 16.5. The first-order valence-electron chi connectivity index (χ1n) is 10.0. The Morgan fingerprint density at radius 1 is 1.17 bits per heavy atom. The average molecular weight is 396 g/mol. The molecule has 0 saturated carbocycles. The number of benzene rings is 1. The minimum Gasteiger partial charge on any atom is -0.339 e. The van der Waals surface area contributed by atoms with Gasteiger partial charge in [0.2, 0.25) is 17.6 Å². The lowest BCUT2D eigenvalue weighted by Crippen LogP contribution is -2.36. The fourth-order valence-corrected chi connectivity index (χ4v) is 3.16. The van der Waals surface area contributed by atoms with E-state index in [-0.39, 0.29) is 11.9 Å². The molecule has 1 aromatic carbocycles. The largest absolute Gasteiger partial charge is 0.339 e. The molecule has 0 aliphatic carbocycles. The molecule has 0 unspecified atom stereocenters. The average Bonchev–Trinajstić information content (AvgIpc) is 3.33. The summed E-state index contributed by atoms with van der Waals surface area (Å²) in [6.45, 7) is 8.89. The number of amides is 1. The van der Waals surface area contributed by atoms with Gasteiger partial charge in [-0.2, -0.15) is 10.1 Å². The Balaban J connectivity index is 1.60. The van der Waals surface area contributed by atoms with Crippen molar-refractivity contribution in [1.82, 2.24) is 24.8 Å². The van der Waals surface area contributed by atoms with E-state index in [2.05, 4.69) is 41.2 Å². The molecule has 29 heavy (non-hydrogen) atoms. The third kappa shape index (κ3) is 5.31. The van der Waals surface area contributed by atoms with Crippen molar-refractivity contribution in [3.8, 4) is 11.4 Å². The second kappa shape index (κ2) is 9.03. The van der Waals surface area contributed by atoms with Crippen molar-refractivity contribution in [1.29, 1.82) is 0 Å². The minimum atomic E-state index is 0.0601. The molecule has 0 radical (unpaired) electrons. The molecule has 1 amide bonds. The number of hydrogen-bond acceptors (Lipinski definition) is 5. The molecule has 0 bridgehead atoms. The second-order valence-electron chi connectivity index (χ2n) is 7.93. The highest BCUT2D eigenvalue weighted by Crippen LogP contribution is 2.21. The van der Waals surface area contributed by atoms with E-state index >= 15 is 0 Å². The van der Waals surface area contributed by atoms with Crippen molar-refractivity contribution in [3.05, 3.63) is 53.7 Å². The molecular formula is C22H29N5O2. The summed E-state index contributed by atoms with van der Waals surface area (Å²) in [6.07, 6.45) is 4.47. The minimum absolute atomic E-state index is 0.0601. The van der Waals surface area contributed by atoms with Crippen LogP contribution in [-0.2, 0) is 24.8 Å². The Labute approximate surface area is 171 Å². The zero-order valence-corrected chi connectivity index (χ0v) is 17.8. The van der Waals surface area contributed by atoms with Gasteiger partial charge in [-0.05, 0) is 25.3 Å². The molecule has 7 nitrogen and oxygen atoms in total. The summed E-state index contributed by atoms with van der Waals surface area (Å²) in [5.74, 6) is 1.57. The highest BCUT2D eigenvalue weighted by Gasteiger charge is 2.19. The molecule has 0 aliphatic rings. The van der Waals surface area contributed by atoms with Gasteiger partial charge in [-0.1, -0.05) is 43.3 Å². The fourth-order valence-electron chi connectivity index (χ4n) is 3.16. The van der Waals surface area contributed by atoms with Crippen molar-refractivity contribution < 1.29 is 9.32 Å². The van der Waals surface area contributed by atoms with E-state index in [0.717, 1.165) is 11.1 Å². The van der Waals surface area contributed by atoms with Gasteiger partial charge in [0.25, 0.3) is 0 Å². The number of nitrogens with zero attached hydrogens (tertiary/aromatic N) is 5. The Kier molecular flexibility index (Phi) is 6.46. The summed E-state index contributed by atoms with van der Waals surface area (Å²) < 4.78 is 7.11. The maximum absolute atomic E-state index is 12.8. The van der Waals surface area contributed by atoms with Crippen molar-refractivity contribution in [2.45, 2.75) is 59.0 Å². The maximum Gasteiger partial charge on any atom is 0.227 e.